The summed E-state index contributed by atoms with van der Waals surface area (Å²) in [7, 11) is 0. The topological polar surface area (TPSA) is 96.1 Å². The quantitative estimate of drug-likeness (QED) is 0.643. The molecule has 0 bridgehead atoms. The smallest absolute Gasteiger partial charge is 0.223 e. The molecule has 106 valence electrons. The average Bonchev–Trinajstić information content (AvgIpc) is 2.39. The first-order valence-corrected chi connectivity index (χ1v) is 6.98. The number of nitrogens with two attached hydrogens (primary N) is 1. The molecule has 6 nitrogen and oxygen atoms in total. The number of aliphatic hydroxyl groups is 1. The number of hydrogen-bond donors (Lipinski definition) is 4. The van der Waals surface area contributed by atoms with Crippen LogP contribution in [0.3, 0.4) is 0 Å². The van der Waals surface area contributed by atoms with Crippen molar-refractivity contribution in [3.8, 4) is 0 Å². The van der Waals surface area contributed by atoms with E-state index in [1.807, 2.05) is 13.0 Å². The van der Waals surface area contributed by atoms with E-state index >= 15 is 0 Å². The van der Waals surface area contributed by atoms with Gasteiger partial charge in [0.15, 0.2) is 0 Å². The van der Waals surface area contributed by atoms with Crippen molar-refractivity contribution >= 4 is 17.6 Å². The molecule has 2 rings (SSSR count). The van der Waals surface area contributed by atoms with Crippen molar-refractivity contribution in [1.82, 2.24) is 9.97 Å². The van der Waals surface area contributed by atoms with Crippen LogP contribution in [0.5, 0.6) is 0 Å². The normalized spacial score (nSPS) is 23.1. The summed E-state index contributed by atoms with van der Waals surface area (Å²) in [6.45, 7) is 3.02. The molecule has 2 unspecified atom stereocenters. The molecule has 0 amide bonds. The van der Waals surface area contributed by atoms with Gasteiger partial charge in [0.1, 0.15) is 11.6 Å². The van der Waals surface area contributed by atoms with Crippen LogP contribution >= 0.6 is 0 Å². The van der Waals surface area contributed by atoms with Crippen molar-refractivity contribution in [2.24, 2.45) is 5.92 Å². The lowest BCUT2D eigenvalue weighted by Gasteiger charge is -2.31. The van der Waals surface area contributed by atoms with Gasteiger partial charge in [0.25, 0.3) is 0 Å². The molecule has 0 spiro atoms. The van der Waals surface area contributed by atoms with Crippen molar-refractivity contribution in [3.05, 3.63) is 6.07 Å². The first kappa shape index (κ1) is 13.9. The fraction of sp³-hybridized carbons (Fsp3) is 0.692. The summed E-state index contributed by atoms with van der Waals surface area (Å²) in [6, 6.07) is 2.13. The van der Waals surface area contributed by atoms with Crippen LogP contribution in [0, 0.1) is 5.92 Å². The fourth-order valence-electron chi connectivity index (χ4n) is 2.62. The van der Waals surface area contributed by atoms with Gasteiger partial charge < -0.3 is 21.5 Å². The predicted molar refractivity (Wildman–Crippen MR) is 77.1 cm³/mol. The largest absolute Gasteiger partial charge is 0.396 e. The zero-order valence-electron chi connectivity index (χ0n) is 11.4. The number of rotatable bonds is 5. The van der Waals surface area contributed by atoms with Gasteiger partial charge in [-0.05, 0) is 19.8 Å². The molecule has 0 aromatic carbocycles. The molecule has 0 radical (unpaired) electrons. The van der Waals surface area contributed by atoms with Crippen LogP contribution in [0.25, 0.3) is 0 Å². The third-order valence-corrected chi connectivity index (χ3v) is 3.58. The lowest BCUT2D eigenvalue weighted by atomic mass is 9.85. The predicted octanol–water partition coefficient (Wildman–Crippen LogP) is 1.45. The Balaban J connectivity index is 2.08. The minimum absolute atomic E-state index is 0.221. The van der Waals surface area contributed by atoms with Crippen LogP contribution in [-0.2, 0) is 0 Å². The molecule has 1 saturated carbocycles. The molecule has 1 aromatic heterocycles. The molecular weight excluding hydrogens is 242 g/mol. The highest BCUT2D eigenvalue weighted by molar-refractivity contribution is 5.51. The average molecular weight is 265 g/mol. The van der Waals surface area contributed by atoms with E-state index in [0.717, 1.165) is 31.0 Å². The second-order valence-electron chi connectivity index (χ2n) is 5.00. The number of aliphatic hydroxyl groups excluding tert-OH is 1. The van der Waals surface area contributed by atoms with Crippen LogP contribution in [0.4, 0.5) is 17.6 Å². The van der Waals surface area contributed by atoms with Gasteiger partial charge in [-0.15, -0.1) is 0 Å². The monoisotopic (exact) mass is 265 g/mol. The summed E-state index contributed by atoms with van der Waals surface area (Å²) in [5.74, 6) is 2.02. The van der Waals surface area contributed by atoms with Gasteiger partial charge in [-0.2, -0.15) is 9.97 Å². The standard InChI is InChI=1S/C13H23N5O/c1-2-15-11-7-12(18-13(14)17-11)16-10-6-4-3-5-9(10)8-19/h7,9-10,19H,2-6,8H2,1H3,(H4,14,15,16,17,18). The molecule has 0 saturated heterocycles. The van der Waals surface area contributed by atoms with Crippen molar-refractivity contribution < 1.29 is 5.11 Å². The maximum absolute atomic E-state index is 9.42. The Labute approximate surface area is 113 Å². The van der Waals surface area contributed by atoms with Gasteiger partial charge in [-0.3, -0.25) is 0 Å². The zero-order valence-corrected chi connectivity index (χ0v) is 11.4. The van der Waals surface area contributed by atoms with Crippen molar-refractivity contribution in [1.29, 1.82) is 0 Å². The van der Waals surface area contributed by atoms with Crippen LogP contribution < -0.4 is 16.4 Å². The molecule has 0 aliphatic heterocycles. The number of hydrogen-bond acceptors (Lipinski definition) is 6. The van der Waals surface area contributed by atoms with Crippen LogP contribution in [0.1, 0.15) is 32.6 Å². The Hall–Kier alpha value is -1.56. The second-order valence-corrected chi connectivity index (χ2v) is 5.00. The summed E-state index contributed by atoms with van der Waals surface area (Å²) in [4.78, 5) is 8.33. The number of nitrogens with zero attached hydrogens (tertiary/aromatic N) is 2. The second kappa shape index (κ2) is 6.56. The van der Waals surface area contributed by atoms with E-state index in [2.05, 4.69) is 20.6 Å². The van der Waals surface area contributed by atoms with Crippen molar-refractivity contribution in [2.75, 3.05) is 29.5 Å². The lowest BCUT2D eigenvalue weighted by molar-refractivity contribution is 0.178. The Bertz CT molecular complexity index is 412. The summed E-state index contributed by atoms with van der Waals surface area (Å²) in [5.41, 5.74) is 5.71. The van der Waals surface area contributed by atoms with E-state index in [-0.39, 0.29) is 18.6 Å². The first-order valence-electron chi connectivity index (χ1n) is 6.98. The Morgan fingerprint density at radius 2 is 2.05 bits per heavy atom. The van der Waals surface area contributed by atoms with E-state index in [4.69, 9.17) is 5.73 Å². The highest BCUT2D eigenvalue weighted by atomic mass is 16.3. The number of anilines is 3. The summed E-state index contributed by atoms with van der Waals surface area (Å²) in [6.07, 6.45) is 4.51. The van der Waals surface area contributed by atoms with Crippen molar-refractivity contribution in [2.45, 2.75) is 38.6 Å². The first-order chi connectivity index (χ1) is 9.22. The molecule has 6 heteroatoms. The third kappa shape index (κ3) is 3.70. The van der Waals surface area contributed by atoms with E-state index in [0.29, 0.717) is 5.92 Å². The molecule has 1 fully saturated rings. The van der Waals surface area contributed by atoms with Crippen LogP contribution in [0.2, 0.25) is 0 Å². The van der Waals surface area contributed by atoms with Crippen LogP contribution in [-0.4, -0.2) is 34.3 Å². The number of nitrogen functional groups attached to an aromatic ring is 1. The molecule has 2 atom stereocenters. The summed E-state index contributed by atoms with van der Waals surface area (Å²) in [5, 5.41) is 15.9. The SMILES string of the molecule is CCNc1cc(NC2CCCCC2CO)nc(N)n1. The summed E-state index contributed by atoms with van der Waals surface area (Å²) >= 11 is 0. The molecule has 1 aliphatic rings. The minimum Gasteiger partial charge on any atom is -0.396 e. The fourth-order valence-corrected chi connectivity index (χ4v) is 2.62. The minimum atomic E-state index is 0.221. The van der Waals surface area contributed by atoms with E-state index in [9.17, 15) is 5.11 Å². The maximum Gasteiger partial charge on any atom is 0.223 e. The van der Waals surface area contributed by atoms with Crippen molar-refractivity contribution in [3.63, 3.8) is 0 Å². The zero-order chi connectivity index (χ0) is 13.7. The molecular formula is C13H23N5O. The highest BCUT2D eigenvalue weighted by Gasteiger charge is 2.24. The Morgan fingerprint density at radius 3 is 2.79 bits per heavy atom. The van der Waals surface area contributed by atoms with Gasteiger partial charge in [-0.25, -0.2) is 0 Å². The highest BCUT2D eigenvalue weighted by Crippen LogP contribution is 2.27. The number of nitrogens with one attached hydrogen (secondary N) is 2. The Kier molecular flexibility index (Phi) is 4.79. The molecule has 1 aromatic rings. The molecule has 1 aliphatic carbocycles. The maximum atomic E-state index is 9.42. The van der Waals surface area contributed by atoms with Gasteiger partial charge in [0.05, 0.1) is 0 Å². The molecule has 5 N–H and O–H groups in total. The molecule has 1 heterocycles. The number of aromatic nitrogens is 2. The van der Waals surface area contributed by atoms with Crippen LogP contribution in [0.15, 0.2) is 6.07 Å². The van der Waals surface area contributed by atoms with E-state index < -0.39 is 0 Å². The summed E-state index contributed by atoms with van der Waals surface area (Å²) < 4.78 is 0. The lowest BCUT2D eigenvalue weighted by Crippen LogP contribution is -2.34. The van der Waals surface area contributed by atoms with E-state index in [1.54, 1.807) is 0 Å². The van der Waals surface area contributed by atoms with Gasteiger partial charge in [-0.1, -0.05) is 12.8 Å². The van der Waals surface area contributed by atoms with Gasteiger partial charge >= 0.3 is 0 Å². The van der Waals surface area contributed by atoms with E-state index in [1.165, 1.54) is 12.8 Å². The molecule has 19 heavy (non-hydrogen) atoms. The van der Waals surface area contributed by atoms with Gasteiger partial charge in [0.2, 0.25) is 5.95 Å². The third-order valence-electron chi connectivity index (χ3n) is 3.58. The Morgan fingerprint density at radius 1 is 1.32 bits per heavy atom. The van der Waals surface area contributed by atoms with Gasteiger partial charge in [0, 0.05) is 31.2 Å².